The van der Waals surface area contributed by atoms with Crippen LogP contribution in [0, 0.1) is 0 Å². The van der Waals surface area contributed by atoms with E-state index in [2.05, 4.69) is 11.9 Å². The van der Waals surface area contributed by atoms with Crippen LogP contribution in [0.25, 0.3) is 6.08 Å². The largest absolute Gasteiger partial charge is 0.487 e. The number of nitrogens with one attached hydrogen (secondary N) is 1. The lowest BCUT2D eigenvalue weighted by Crippen LogP contribution is -2.54. The van der Waals surface area contributed by atoms with Gasteiger partial charge in [0.15, 0.2) is 0 Å². The Kier molecular flexibility index (Phi) is 6.27. The number of hydrogen-bond donors (Lipinski definition) is 1. The summed E-state index contributed by atoms with van der Waals surface area (Å²) in [6.07, 6.45) is 2.77. The third-order valence-corrected chi connectivity index (χ3v) is 4.70. The summed E-state index contributed by atoms with van der Waals surface area (Å²) >= 11 is 18.4. The summed E-state index contributed by atoms with van der Waals surface area (Å²) in [5.74, 6) is -1.50. The molecular formula is C20H13Cl3N2O4. The average molecular weight is 452 g/mol. The highest BCUT2D eigenvalue weighted by Gasteiger charge is 2.37. The summed E-state index contributed by atoms with van der Waals surface area (Å²) in [6.45, 7) is 3.71. The van der Waals surface area contributed by atoms with Crippen molar-refractivity contribution in [2.24, 2.45) is 0 Å². The van der Waals surface area contributed by atoms with Gasteiger partial charge in [0.2, 0.25) is 0 Å². The standard InChI is InChI=1S/C20H13Cl3N2O4/c1-2-7-29-17-11(8-12(21)10-15(17)23)9-13-18(26)24-20(28)25(19(13)27)16-6-4-3-5-14(16)22/h2-6,8-10H,1,7H2,(H,24,26,28)/b13-9+. The minimum absolute atomic E-state index is 0.141. The number of anilines is 1. The number of carbonyl (C=O) groups is 3. The molecule has 0 atom stereocenters. The molecule has 29 heavy (non-hydrogen) atoms. The van der Waals surface area contributed by atoms with Crippen LogP contribution in [0.2, 0.25) is 15.1 Å². The van der Waals surface area contributed by atoms with Crippen molar-refractivity contribution in [3.63, 3.8) is 0 Å². The molecule has 2 aromatic rings. The second-order valence-corrected chi connectivity index (χ2v) is 7.07. The molecule has 1 saturated heterocycles. The van der Waals surface area contributed by atoms with Crippen molar-refractivity contribution in [1.82, 2.24) is 5.32 Å². The number of amides is 4. The summed E-state index contributed by atoms with van der Waals surface area (Å²) in [4.78, 5) is 38.4. The van der Waals surface area contributed by atoms with Gasteiger partial charge in [0.25, 0.3) is 11.8 Å². The Morgan fingerprint density at radius 1 is 1.07 bits per heavy atom. The van der Waals surface area contributed by atoms with Gasteiger partial charge in [-0.3, -0.25) is 14.9 Å². The number of rotatable bonds is 5. The Bertz CT molecular complexity index is 1070. The zero-order chi connectivity index (χ0) is 21.1. The molecule has 0 bridgehead atoms. The smallest absolute Gasteiger partial charge is 0.335 e. The van der Waals surface area contributed by atoms with E-state index in [4.69, 9.17) is 39.5 Å². The van der Waals surface area contributed by atoms with E-state index in [0.29, 0.717) is 0 Å². The summed E-state index contributed by atoms with van der Waals surface area (Å²) in [5.41, 5.74) is 0.116. The van der Waals surface area contributed by atoms with Gasteiger partial charge < -0.3 is 4.74 Å². The van der Waals surface area contributed by atoms with Crippen LogP contribution in [0.4, 0.5) is 10.5 Å². The molecule has 1 heterocycles. The maximum absolute atomic E-state index is 13.0. The SMILES string of the molecule is C=CCOc1c(Cl)cc(Cl)cc1/C=C1\C(=O)NC(=O)N(c2ccccc2Cl)C1=O. The Balaban J connectivity index is 2.10. The number of barbiturate groups is 1. The van der Waals surface area contributed by atoms with Gasteiger partial charge in [-0.2, -0.15) is 0 Å². The predicted molar refractivity (Wildman–Crippen MR) is 113 cm³/mol. The number of nitrogens with zero attached hydrogens (tertiary/aromatic N) is 1. The van der Waals surface area contributed by atoms with E-state index in [0.717, 1.165) is 4.90 Å². The summed E-state index contributed by atoms with van der Waals surface area (Å²) in [7, 11) is 0. The number of urea groups is 1. The van der Waals surface area contributed by atoms with Crippen LogP contribution in [0.5, 0.6) is 5.75 Å². The van der Waals surface area contributed by atoms with Crippen LogP contribution in [0.15, 0.2) is 54.6 Å². The van der Waals surface area contributed by atoms with E-state index in [1.165, 1.54) is 36.4 Å². The molecule has 0 radical (unpaired) electrons. The molecule has 1 N–H and O–H groups in total. The van der Waals surface area contributed by atoms with Gasteiger partial charge in [-0.05, 0) is 30.3 Å². The molecule has 1 aliphatic heterocycles. The molecule has 1 fully saturated rings. The molecule has 3 rings (SSSR count). The summed E-state index contributed by atoms with van der Waals surface area (Å²) < 4.78 is 5.54. The van der Waals surface area contributed by atoms with E-state index in [-0.39, 0.29) is 44.2 Å². The van der Waals surface area contributed by atoms with E-state index in [1.54, 1.807) is 12.1 Å². The van der Waals surface area contributed by atoms with Crippen molar-refractivity contribution in [3.05, 3.63) is 75.3 Å². The number of benzene rings is 2. The molecule has 0 saturated carbocycles. The molecule has 9 heteroatoms. The minimum atomic E-state index is -0.905. The van der Waals surface area contributed by atoms with Crippen molar-refractivity contribution < 1.29 is 19.1 Å². The zero-order valence-electron chi connectivity index (χ0n) is 14.7. The summed E-state index contributed by atoms with van der Waals surface area (Å²) in [6, 6.07) is 8.31. The Hall–Kier alpha value is -2.80. The van der Waals surface area contributed by atoms with Crippen molar-refractivity contribution in [2.45, 2.75) is 0 Å². The molecule has 0 aromatic heterocycles. The Labute approximate surface area is 181 Å². The third-order valence-electron chi connectivity index (χ3n) is 3.88. The predicted octanol–water partition coefficient (Wildman–Crippen LogP) is 4.88. The van der Waals surface area contributed by atoms with Crippen molar-refractivity contribution in [1.29, 1.82) is 0 Å². The fourth-order valence-electron chi connectivity index (χ4n) is 2.65. The van der Waals surface area contributed by atoms with Gasteiger partial charge in [0.05, 0.1) is 15.7 Å². The van der Waals surface area contributed by atoms with Gasteiger partial charge in [-0.15, -0.1) is 0 Å². The number of imide groups is 2. The lowest BCUT2D eigenvalue weighted by atomic mass is 10.1. The van der Waals surface area contributed by atoms with E-state index < -0.39 is 17.8 Å². The maximum atomic E-state index is 13.0. The molecule has 148 valence electrons. The van der Waals surface area contributed by atoms with E-state index in [1.807, 2.05) is 0 Å². The molecule has 1 aliphatic rings. The lowest BCUT2D eigenvalue weighted by Gasteiger charge is -2.27. The molecule has 0 spiro atoms. The van der Waals surface area contributed by atoms with Crippen LogP contribution in [-0.4, -0.2) is 24.5 Å². The Morgan fingerprint density at radius 2 is 1.79 bits per heavy atom. The van der Waals surface area contributed by atoms with Crippen LogP contribution in [0.1, 0.15) is 5.56 Å². The summed E-state index contributed by atoms with van der Waals surface area (Å²) in [5, 5.41) is 2.76. The highest BCUT2D eigenvalue weighted by atomic mass is 35.5. The number of carbonyl (C=O) groups excluding carboxylic acids is 3. The monoisotopic (exact) mass is 450 g/mol. The van der Waals surface area contributed by atoms with Crippen molar-refractivity contribution in [2.75, 3.05) is 11.5 Å². The molecule has 6 nitrogen and oxygen atoms in total. The van der Waals surface area contributed by atoms with Gasteiger partial charge in [0, 0.05) is 10.6 Å². The van der Waals surface area contributed by atoms with E-state index in [9.17, 15) is 14.4 Å². The highest BCUT2D eigenvalue weighted by Crippen LogP contribution is 2.35. The number of para-hydroxylation sites is 1. The van der Waals surface area contributed by atoms with Gasteiger partial charge in [-0.25, -0.2) is 9.69 Å². The topological polar surface area (TPSA) is 75.7 Å². The second-order valence-electron chi connectivity index (χ2n) is 5.81. The second kappa shape index (κ2) is 8.69. The quantitative estimate of drug-likeness (QED) is 0.399. The lowest BCUT2D eigenvalue weighted by molar-refractivity contribution is -0.122. The normalized spacial score (nSPS) is 15.5. The van der Waals surface area contributed by atoms with Crippen LogP contribution in [-0.2, 0) is 9.59 Å². The maximum Gasteiger partial charge on any atom is 0.335 e. The Morgan fingerprint density at radius 3 is 2.48 bits per heavy atom. The number of halogens is 3. The first kappa shape index (κ1) is 20.9. The molecule has 4 amide bonds. The van der Waals surface area contributed by atoms with Crippen molar-refractivity contribution in [3.8, 4) is 5.75 Å². The van der Waals surface area contributed by atoms with Gasteiger partial charge in [-0.1, -0.05) is 59.6 Å². The minimum Gasteiger partial charge on any atom is -0.487 e. The zero-order valence-corrected chi connectivity index (χ0v) is 17.0. The highest BCUT2D eigenvalue weighted by molar-refractivity contribution is 6.42. The van der Waals surface area contributed by atoms with Crippen molar-refractivity contribution >= 4 is 64.4 Å². The third kappa shape index (κ3) is 4.29. The average Bonchev–Trinajstić information content (AvgIpc) is 2.65. The molecular weight excluding hydrogens is 439 g/mol. The molecule has 2 aromatic carbocycles. The first-order chi connectivity index (χ1) is 13.8. The molecule has 0 aliphatic carbocycles. The fraction of sp³-hybridized carbons (Fsp3) is 0.0500. The fourth-order valence-corrected chi connectivity index (χ4v) is 3.43. The number of hydrogen-bond acceptors (Lipinski definition) is 4. The first-order valence-corrected chi connectivity index (χ1v) is 9.35. The van der Waals surface area contributed by atoms with Gasteiger partial charge >= 0.3 is 6.03 Å². The van der Waals surface area contributed by atoms with E-state index >= 15 is 0 Å². The first-order valence-electron chi connectivity index (χ1n) is 8.22. The van der Waals surface area contributed by atoms with Crippen LogP contribution in [0.3, 0.4) is 0 Å². The van der Waals surface area contributed by atoms with Crippen LogP contribution < -0.4 is 15.0 Å². The van der Waals surface area contributed by atoms with Gasteiger partial charge in [0.1, 0.15) is 17.9 Å². The number of ether oxygens (including phenoxy) is 1. The molecule has 0 unspecified atom stereocenters. The van der Waals surface area contributed by atoms with Crippen LogP contribution >= 0.6 is 34.8 Å².